The van der Waals surface area contributed by atoms with Gasteiger partial charge in [-0.25, -0.2) is 0 Å². The normalized spacial score (nSPS) is 15.0. The van der Waals surface area contributed by atoms with Gasteiger partial charge in [-0.15, -0.1) is 24.0 Å². The van der Waals surface area contributed by atoms with Crippen molar-refractivity contribution in [3.63, 3.8) is 0 Å². The van der Waals surface area contributed by atoms with Crippen molar-refractivity contribution in [1.82, 2.24) is 10.2 Å². The number of aliphatic imine (C=N–C) groups is 1. The summed E-state index contributed by atoms with van der Waals surface area (Å²) in [6.07, 6.45) is 2.49. The second-order valence-electron chi connectivity index (χ2n) is 6.91. The van der Waals surface area contributed by atoms with E-state index in [1.165, 1.54) is 11.1 Å². The third kappa shape index (κ3) is 7.19. The standard InChI is InChI=1S/C23H31N3O2.HI/c1-3-27-22-13-15-26(16-14-22)23(24-2)25-17-19-9-7-8-10-20(19)18-28-21-11-5-4-6-12-21;/h4-12,22H,3,13-18H2,1-2H3,(H,24,25);1H. The molecule has 0 spiro atoms. The Morgan fingerprint density at radius 2 is 1.69 bits per heavy atom. The lowest BCUT2D eigenvalue weighted by atomic mass is 10.1. The van der Waals surface area contributed by atoms with E-state index < -0.39 is 0 Å². The van der Waals surface area contributed by atoms with Gasteiger partial charge in [0.1, 0.15) is 12.4 Å². The summed E-state index contributed by atoms with van der Waals surface area (Å²) < 4.78 is 11.7. The molecule has 0 atom stereocenters. The summed E-state index contributed by atoms with van der Waals surface area (Å²) in [6, 6.07) is 18.3. The molecule has 1 aliphatic rings. The van der Waals surface area contributed by atoms with Gasteiger partial charge in [-0.1, -0.05) is 42.5 Å². The number of nitrogens with zero attached hydrogens (tertiary/aromatic N) is 2. The van der Waals surface area contributed by atoms with Crippen LogP contribution >= 0.6 is 24.0 Å². The van der Waals surface area contributed by atoms with Gasteiger partial charge in [-0.3, -0.25) is 4.99 Å². The lowest BCUT2D eigenvalue weighted by molar-refractivity contribution is 0.0263. The number of likely N-dealkylation sites (tertiary alicyclic amines) is 1. The van der Waals surface area contributed by atoms with Crippen LogP contribution in [-0.2, 0) is 17.9 Å². The van der Waals surface area contributed by atoms with Crippen molar-refractivity contribution in [3.05, 3.63) is 65.7 Å². The molecule has 0 amide bonds. The molecule has 0 radical (unpaired) electrons. The number of halogens is 1. The Balaban J connectivity index is 0.00000300. The third-order valence-corrected chi connectivity index (χ3v) is 5.05. The molecule has 29 heavy (non-hydrogen) atoms. The summed E-state index contributed by atoms with van der Waals surface area (Å²) in [4.78, 5) is 6.80. The van der Waals surface area contributed by atoms with Crippen LogP contribution in [0.1, 0.15) is 30.9 Å². The Bertz CT molecular complexity index is 747. The van der Waals surface area contributed by atoms with E-state index in [0.29, 0.717) is 12.7 Å². The van der Waals surface area contributed by atoms with E-state index in [9.17, 15) is 0 Å². The maximum absolute atomic E-state index is 5.93. The van der Waals surface area contributed by atoms with E-state index in [-0.39, 0.29) is 24.0 Å². The Morgan fingerprint density at radius 3 is 2.34 bits per heavy atom. The molecule has 0 bridgehead atoms. The second-order valence-corrected chi connectivity index (χ2v) is 6.91. The second kappa shape index (κ2) is 12.7. The van der Waals surface area contributed by atoms with Crippen LogP contribution in [0.2, 0.25) is 0 Å². The molecular formula is C23H32IN3O2. The van der Waals surface area contributed by atoms with Crippen molar-refractivity contribution in [2.24, 2.45) is 4.99 Å². The molecule has 1 N–H and O–H groups in total. The Morgan fingerprint density at radius 1 is 1.03 bits per heavy atom. The number of ether oxygens (including phenoxy) is 2. The number of hydrogen-bond acceptors (Lipinski definition) is 3. The number of nitrogens with one attached hydrogen (secondary N) is 1. The van der Waals surface area contributed by atoms with E-state index in [1.54, 1.807) is 0 Å². The van der Waals surface area contributed by atoms with Crippen molar-refractivity contribution >= 4 is 29.9 Å². The van der Waals surface area contributed by atoms with Crippen molar-refractivity contribution < 1.29 is 9.47 Å². The third-order valence-electron chi connectivity index (χ3n) is 5.05. The smallest absolute Gasteiger partial charge is 0.193 e. The minimum absolute atomic E-state index is 0. The largest absolute Gasteiger partial charge is 0.489 e. The van der Waals surface area contributed by atoms with Crippen LogP contribution in [0, 0.1) is 0 Å². The van der Waals surface area contributed by atoms with Crippen LogP contribution in [0.4, 0.5) is 0 Å². The number of rotatable bonds is 7. The molecule has 3 rings (SSSR count). The first-order valence-electron chi connectivity index (χ1n) is 10.1. The first kappa shape index (κ1) is 23.5. The molecule has 1 fully saturated rings. The highest BCUT2D eigenvalue weighted by atomic mass is 127. The molecule has 2 aromatic carbocycles. The molecule has 0 aromatic heterocycles. The van der Waals surface area contributed by atoms with Gasteiger partial charge in [0, 0.05) is 33.3 Å². The van der Waals surface area contributed by atoms with E-state index in [4.69, 9.17) is 9.47 Å². The number of benzene rings is 2. The molecule has 1 aliphatic heterocycles. The topological polar surface area (TPSA) is 46.1 Å². The fraction of sp³-hybridized carbons (Fsp3) is 0.435. The first-order chi connectivity index (χ1) is 13.8. The highest BCUT2D eigenvalue weighted by Gasteiger charge is 2.21. The number of hydrogen-bond donors (Lipinski definition) is 1. The Hall–Kier alpha value is -1.80. The minimum Gasteiger partial charge on any atom is -0.489 e. The number of guanidine groups is 1. The number of para-hydroxylation sites is 1. The number of piperidine rings is 1. The van der Waals surface area contributed by atoms with Crippen LogP contribution in [0.15, 0.2) is 59.6 Å². The fourth-order valence-corrected chi connectivity index (χ4v) is 3.53. The zero-order valence-electron chi connectivity index (χ0n) is 17.3. The van der Waals surface area contributed by atoms with Gasteiger partial charge >= 0.3 is 0 Å². The maximum Gasteiger partial charge on any atom is 0.193 e. The van der Waals surface area contributed by atoms with E-state index in [1.807, 2.05) is 37.4 Å². The highest BCUT2D eigenvalue weighted by Crippen LogP contribution is 2.16. The maximum atomic E-state index is 5.93. The quantitative estimate of drug-likeness (QED) is 0.340. The van der Waals surface area contributed by atoms with E-state index in [0.717, 1.165) is 50.8 Å². The van der Waals surface area contributed by atoms with Gasteiger partial charge in [0.25, 0.3) is 0 Å². The first-order valence-corrected chi connectivity index (χ1v) is 10.1. The summed E-state index contributed by atoms with van der Waals surface area (Å²) in [5.41, 5.74) is 2.41. The van der Waals surface area contributed by atoms with Gasteiger partial charge in [-0.05, 0) is 43.0 Å². The summed E-state index contributed by atoms with van der Waals surface area (Å²) >= 11 is 0. The Kier molecular flexibility index (Phi) is 10.3. The summed E-state index contributed by atoms with van der Waals surface area (Å²) in [7, 11) is 1.85. The highest BCUT2D eigenvalue weighted by molar-refractivity contribution is 14.0. The molecule has 2 aromatic rings. The predicted molar refractivity (Wildman–Crippen MR) is 129 cm³/mol. The van der Waals surface area contributed by atoms with Gasteiger partial charge in [0.15, 0.2) is 5.96 Å². The molecule has 1 saturated heterocycles. The Labute approximate surface area is 191 Å². The van der Waals surface area contributed by atoms with E-state index in [2.05, 4.69) is 46.4 Å². The van der Waals surface area contributed by atoms with Crippen LogP contribution in [-0.4, -0.2) is 43.7 Å². The lowest BCUT2D eigenvalue weighted by Gasteiger charge is -2.34. The summed E-state index contributed by atoms with van der Waals surface area (Å²) in [5.74, 6) is 1.84. The van der Waals surface area contributed by atoms with Crippen molar-refractivity contribution in [1.29, 1.82) is 0 Å². The van der Waals surface area contributed by atoms with Crippen molar-refractivity contribution in [3.8, 4) is 5.75 Å². The molecule has 158 valence electrons. The summed E-state index contributed by atoms with van der Waals surface area (Å²) in [6.45, 7) is 6.09. The van der Waals surface area contributed by atoms with Crippen LogP contribution in [0.3, 0.4) is 0 Å². The monoisotopic (exact) mass is 509 g/mol. The molecule has 6 heteroatoms. The molecule has 0 unspecified atom stereocenters. The van der Waals surface area contributed by atoms with Gasteiger partial charge in [0.2, 0.25) is 0 Å². The molecule has 0 saturated carbocycles. The van der Waals surface area contributed by atoms with Gasteiger partial charge < -0.3 is 19.7 Å². The van der Waals surface area contributed by atoms with Gasteiger partial charge in [0.05, 0.1) is 6.10 Å². The minimum atomic E-state index is 0. The zero-order valence-corrected chi connectivity index (χ0v) is 19.7. The molecular weight excluding hydrogens is 477 g/mol. The molecule has 1 heterocycles. The molecule has 0 aliphatic carbocycles. The van der Waals surface area contributed by atoms with Crippen LogP contribution in [0.5, 0.6) is 5.75 Å². The summed E-state index contributed by atoms with van der Waals surface area (Å²) in [5, 5.41) is 3.52. The van der Waals surface area contributed by atoms with Crippen molar-refractivity contribution in [2.75, 3.05) is 26.7 Å². The van der Waals surface area contributed by atoms with E-state index >= 15 is 0 Å². The SMILES string of the molecule is CCOC1CCN(C(=NC)NCc2ccccc2COc2ccccc2)CC1.I. The average molecular weight is 509 g/mol. The average Bonchev–Trinajstić information content (AvgIpc) is 2.75. The zero-order chi connectivity index (χ0) is 19.6. The van der Waals surface area contributed by atoms with Gasteiger partial charge in [-0.2, -0.15) is 0 Å². The van der Waals surface area contributed by atoms with Crippen LogP contribution < -0.4 is 10.1 Å². The molecule has 5 nitrogen and oxygen atoms in total. The fourth-order valence-electron chi connectivity index (χ4n) is 3.53. The van der Waals surface area contributed by atoms with Crippen LogP contribution in [0.25, 0.3) is 0 Å². The lowest BCUT2D eigenvalue weighted by Crippen LogP contribution is -2.46. The predicted octanol–water partition coefficient (Wildman–Crippen LogP) is 4.46. The van der Waals surface area contributed by atoms with Crippen molar-refractivity contribution in [2.45, 2.75) is 39.0 Å².